The summed E-state index contributed by atoms with van der Waals surface area (Å²) in [4.78, 5) is 8.34. The fourth-order valence-electron chi connectivity index (χ4n) is 2.67. The molecular weight excluding hydrogens is 387 g/mol. The van der Waals surface area contributed by atoms with Crippen molar-refractivity contribution < 1.29 is 23.4 Å². The first-order valence-corrected chi connectivity index (χ1v) is 8.71. The number of aryl methyl sites for hydroxylation is 1. The Morgan fingerprint density at radius 2 is 1.93 bits per heavy atom. The molecule has 0 bridgehead atoms. The summed E-state index contributed by atoms with van der Waals surface area (Å²) in [5.74, 6) is 0.362. The molecule has 154 valence electrons. The Morgan fingerprint density at radius 1 is 1.17 bits per heavy atom. The number of aliphatic hydroxyl groups excluding tert-OH is 1. The molecule has 0 amide bonds. The average molecular weight is 407 g/mol. The molecule has 3 heterocycles. The molecule has 0 aliphatic heterocycles. The van der Waals surface area contributed by atoms with Gasteiger partial charge >= 0.3 is 6.18 Å². The number of nitrogens with zero attached hydrogens (tertiary/aromatic N) is 4. The van der Waals surface area contributed by atoms with Crippen LogP contribution in [-0.4, -0.2) is 42.2 Å². The van der Waals surface area contributed by atoms with E-state index in [-0.39, 0.29) is 12.4 Å². The minimum Gasteiger partial charge on any atom is -0.393 e. The second-order valence-corrected chi connectivity index (χ2v) is 7.05. The van der Waals surface area contributed by atoms with Gasteiger partial charge in [0.05, 0.1) is 30.6 Å². The van der Waals surface area contributed by atoms with Crippen LogP contribution >= 0.6 is 0 Å². The van der Waals surface area contributed by atoms with Gasteiger partial charge in [-0.05, 0) is 43.7 Å². The maximum Gasteiger partial charge on any atom is 0.416 e. The van der Waals surface area contributed by atoms with Crippen molar-refractivity contribution in [2.75, 3.05) is 11.9 Å². The van der Waals surface area contributed by atoms with Crippen molar-refractivity contribution in [3.05, 3.63) is 54.0 Å². The molecule has 0 saturated heterocycles. The first-order valence-electron chi connectivity index (χ1n) is 8.71. The first kappa shape index (κ1) is 20.7. The van der Waals surface area contributed by atoms with Crippen LogP contribution in [0.4, 0.5) is 24.8 Å². The van der Waals surface area contributed by atoms with Crippen LogP contribution in [0, 0.1) is 6.92 Å². The van der Waals surface area contributed by atoms with Crippen LogP contribution in [0.3, 0.4) is 0 Å². The number of halogens is 3. The number of anilines is 2. The van der Waals surface area contributed by atoms with Crippen molar-refractivity contribution in [2.24, 2.45) is 0 Å². The number of aromatic nitrogens is 4. The normalized spacial score (nSPS) is 13.9. The molecule has 0 fully saturated rings. The predicted octanol–water partition coefficient (Wildman–Crippen LogP) is 3.15. The van der Waals surface area contributed by atoms with E-state index in [1.54, 1.807) is 24.5 Å². The van der Waals surface area contributed by atoms with Gasteiger partial charge in [0.2, 0.25) is 0 Å². The quantitative estimate of drug-likeness (QED) is 0.581. The van der Waals surface area contributed by atoms with E-state index in [0.29, 0.717) is 17.1 Å². The molecule has 10 heteroatoms. The minimum atomic E-state index is -4.46. The van der Waals surface area contributed by atoms with Crippen molar-refractivity contribution in [3.63, 3.8) is 0 Å². The van der Waals surface area contributed by atoms with Crippen LogP contribution in [0.2, 0.25) is 0 Å². The fourth-order valence-corrected chi connectivity index (χ4v) is 2.67. The summed E-state index contributed by atoms with van der Waals surface area (Å²) in [6, 6.07) is 5.30. The number of hydrogen-bond donors (Lipinski definition) is 3. The molecule has 0 aliphatic carbocycles. The summed E-state index contributed by atoms with van der Waals surface area (Å²) in [6.07, 6.45) is -0.159. The third kappa shape index (κ3) is 5.30. The number of hydrogen-bond acceptors (Lipinski definition) is 6. The van der Waals surface area contributed by atoms with Gasteiger partial charge in [-0.1, -0.05) is 0 Å². The van der Waals surface area contributed by atoms with E-state index in [0.717, 1.165) is 23.9 Å². The molecule has 3 aromatic rings. The number of alkyl halides is 3. The summed E-state index contributed by atoms with van der Waals surface area (Å²) in [7, 11) is 0. The second kappa shape index (κ2) is 7.80. The van der Waals surface area contributed by atoms with Crippen LogP contribution in [0.1, 0.15) is 18.1 Å². The Kier molecular flexibility index (Phi) is 5.58. The Hall–Kier alpha value is -2.98. The maximum atomic E-state index is 12.9. The molecule has 3 rings (SSSR count). The largest absolute Gasteiger partial charge is 0.416 e. The zero-order valence-electron chi connectivity index (χ0n) is 15.8. The minimum absolute atomic E-state index is 0.0264. The molecule has 0 aromatic carbocycles. The monoisotopic (exact) mass is 407 g/mol. The standard InChI is InChI=1S/C19H20F3N5O2/c1-12-5-15(13-8-24-27(9-13)10-18(2,29)11-28)25-17(6-12)26-16-7-14(3-4-23-16)19(20,21)22/h3-9,28-29H,10-11H2,1-2H3,(H,23,25,26)/t18-/m0/s1. The van der Waals surface area contributed by atoms with E-state index >= 15 is 0 Å². The molecule has 0 aliphatic rings. The molecule has 1 atom stereocenters. The van der Waals surface area contributed by atoms with Gasteiger partial charge < -0.3 is 15.5 Å². The molecule has 7 nitrogen and oxygen atoms in total. The highest BCUT2D eigenvalue weighted by Crippen LogP contribution is 2.30. The zero-order chi connectivity index (χ0) is 21.2. The van der Waals surface area contributed by atoms with E-state index in [2.05, 4.69) is 20.4 Å². The van der Waals surface area contributed by atoms with Crippen LogP contribution in [0.15, 0.2) is 42.9 Å². The first-order chi connectivity index (χ1) is 13.6. The van der Waals surface area contributed by atoms with Gasteiger partial charge in [0.1, 0.15) is 17.2 Å². The number of rotatable bonds is 6. The summed E-state index contributed by atoms with van der Waals surface area (Å²) >= 11 is 0. The SMILES string of the molecule is Cc1cc(Nc2cc(C(F)(F)F)ccn2)nc(-c2cnn(C[C@](C)(O)CO)c2)c1. The Bertz CT molecular complexity index is 1000. The van der Waals surface area contributed by atoms with Gasteiger partial charge in [-0.2, -0.15) is 18.3 Å². The van der Waals surface area contributed by atoms with E-state index < -0.39 is 23.9 Å². The van der Waals surface area contributed by atoms with Gasteiger partial charge in [-0.3, -0.25) is 4.68 Å². The smallest absolute Gasteiger partial charge is 0.393 e. The van der Waals surface area contributed by atoms with Crippen LogP contribution < -0.4 is 5.32 Å². The van der Waals surface area contributed by atoms with Crippen molar-refractivity contribution in [3.8, 4) is 11.3 Å². The van der Waals surface area contributed by atoms with Crippen LogP contribution in [0.5, 0.6) is 0 Å². The van der Waals surface area contributed by atoms with Gasteiger partial charge in [0.15, 0.2) is 0 Å². The average Bonchev–Trinajstić information content (AvgIpc) is 3.08. The highest BCUT2D eigenvalue weighted by atomic mass is 19.4. The maximum absolute atomic E-state index is 12.9. The van der Waals surface area contributed by atoms with E-state index in [4.69, 9.17) is 0 Å². The van der Waals surface area contributed by atoms with E-state index in [1.807, 2.05) is 6.92 Å². The zero-order valence-corrected chi connectivity index (χ0v) is 15.8. The molecule has 3 aromatic heterocycles. The fraction of sp³-hybridized carbons (Fsp3) is 0.316. The van der Waals surface area contributed by atoms with Gasteiger partial charge in [-0.25, -0.2) is 9.97 Å². The third-order valence-corrected chi connectivity index (χ3v) is 4.09. The van der Waals surface area contributed by atoms with Crippen molar-refractivity contribution in [2.45, 2.75) is 32.2 Å². The summed E-state index contributed by atoms with van der Waals surface area (Å²) in [5, 5.41) is 26.1. The van der Waals surface area contributed by atoms with Crippen LogP contribution in [-0.2, 0) is 12.7 Å². The predicted molar refractivity (Wildman–Crippen MR) is 100 cm³/mol. The van der Waals surface area contributed by atoms with Crippen molar-refractivity contribution in [1.82, 2.24) is 19.7 Å². The van der Waals surface area contributed by atoms with Gasteiger partial charge in [-0.15, -0.1) is 0 Å². The Balaban J connectivity index is 1.85. The molecular formula is C19H20F3N5O2. The molecule has 3 N–H and O–H groups in total. The summed E-state index contributed by atoms with van der Waals surface area (Å²) < 4.78 is 40.1. The van der Waals surface area contributed by atoms with Crippen molar-refractivity contribution >= 4 is 11.6 Å². The van der Waals surface area contributed by atoms with E-state index in [1.165, 1.54) is 11.6 Å². The molecule has 0 radical (unpaired) electrons. The van der Waals surface area contributed by atoms with E-state index in [9.17, 15) is 23.4 Å². The topological polar surface area (TPSA) is 96.1 Å². The van der Waals surface area contributed by atoms with Gasteiger partial charge in [0, 0.05) is 18.0 Å². The lowest BCUT2D eigenvalue weighted by molar-refractivity contribution is -0.137. The summed E-state index contributed by atoms with van der Waals surface area (Å²) in [6.45, 7) is 3.00. The number of aliphatic hydroxyl groups is 2. The Labute approximate surface area is 164 Å². The lowest BCUT2D eigenvalue weighted by Gasteiger charge is -2.19. The summed E-state index contributed by atoms with van der Waals surface area (Å²) in [5.41, 5.74) is -0.0814. The lowest BCUT2D eigenvalue weighted by atomic mass is 10.1. The van der Waals surface area contributed by atoms with Crippen LogP contribution in [0.25, 0.3) is 11.3 Å². The second-order valence-electron chi connectivity index (χ2n) is 7.05. The number of nitrogens with one attached hydrogen (secondary N) is 1. The molecule has 29 heavy (non-hydrogen) atoms. The molecule has 0 spiro atoms. The Morgan fingerprint density at radius 3 is 2.62 bits per heavy atom. The highest BCUT2D eigenvalue weighted by Gasteiger charge is 2.30. The third-order valence-electron chi connectivity index (χ3n) is 4.09. The molecule has 0 saturated carbocycles. The lowest BCUT2D eigenvalue weighted by Crippen LogP contribution is -2.34. The molecule has 0 unspecified atom stereocenters. The number of pyridine rings is 2. The van der Waals surface area contributed by atoms with Crippen molar-refractivity contribution in [1.29, 1.82) is 0 Å². The highest BCUT2D eigenvalue weighted by molar-refractivity contribution is 5.63. The van der Waals surface area contributed by atoms with Gasteiger partial charge in [0.25, 0.3) is 0 Å².